The topological polar surface area (TPSA) is 91.0 Å². The standard InChI is InChI=1S/C12H12N4O2/c1-18-12-6-9(15-7-16-12)10(17)4-8-2-3-14-11(13)5-8/h2-3,5-7H,4H2,1H3,(H2,13,14). The molecule has 2 heterocycles. The van der Waals surface area contributed by atoms with Crippen molar-refractivity contribution in [1.29, 1.82) is 0 Å². The average Bonchev–Trinajstić information content (AvgIpc) is 2.39. The van der Waals surface area contributed by atoms with Crippen molar-refractivity contribution in [3.8, 4) is 5.88 Å². The van der Waals surface area contributed by atoms with Crippen LogP contribution in [0.4, 0.5) is 5.82 Å². The molecule has 6 nitrogen and oxygen atoms in total. The number of nitrogen functional groups attached to an aromatic ring is 1. The summed E-state index contributed by atoms with van der Waals surface area (Å²) >= 11 is 0. The number of nitrogens with zero attached hydrogens (tertiary/aromatic N) is 3. The predicted molar refractivity (Wildman–Crippen MR) is 65.3 cm³/mol. The smallest absolute Gasteiger partial charge is 0.216 e. The molecule has 0 radical (unpaired) electrons. The van der Waals surface area contributed by atoms with E-state index in [-0.39, 0.29) is 12.2 Å². The van der Waals surface area contributed by atoms with Crippen molar-refractivity contribution in [2.75, 3.05) is 12.8 Å². The molecule has 0 bridgehead atoms. The number of pyridine rings is 1. The van der Waals surface area contributed by atoms with Crippen molar-refractivity contribution in [2.24, 2.45) is 0 Å². The molecule has 2 N–H and O–H groups in total. The van der Waals surface area contributed by atoms with Gasteiger partial charge in [-0.15, -0.1) is 0 Å². The number of ketones is 1. The van der Waals surface area contributed by atoms with Crippen LogP contribution in [-0.2, 0) is 6.42 Å². The Labute approximate surface area is 104 Å². The van der Waals surface area contributed by atoms with Crippen molar-refractivity contribution < 1.29 is 9.53 Å². The number of anilines is 1. The lowest BCUT2D eigenvalue weighted by Crippen LogP contribution is -2.07. The highest BCUT2D eigenvalue weighted by Gasteiger charge is 2.10. The maximum absolute atomic E-state index is 12.0. The maximum atomic E-state index is 12.0. The first-order valence-corrected chi connectivity index (χ1v) is 5.28. The number of hydrogen-bond donors (Lipinski definition) is 1. The molecule has 0 fully saturated rings. The van der Waals surface area contributed by atoms with Crippen LogP contribution in [0.25, 0.3) is 0 Å². The molecule has 0 aliphatic rings. The number of hydrogen-bond acceptors (Lipinski definition) is 6. The Hall–Kier alpha value is -2.50. The molecular formula is C12H12N4O2. The quantitative estimate of drug-likeness (QED) is 0.803. The number of carbonyl (C=O) groups is 1. The fourth-order valence-electron chi connectivity index (χ4n) is 1.48. The third-order valence-electron chi connectivity index (χ3n) is 2.35. The molecule has 0 saturated heterocycles. The van der Waals surface area contributed by atoms with E-state index < -0.39 is 0 Å². The van der Waals surface area contributed by atoms with Gasteiger partial charge in [-0.1, -0.05) is 0 Å². The Morgan fingerprint density at radius 2 is 2.17 bits per heavy atom. The van der Waals surface area contributed by atoms with Crippen molar-refractivity contribution in [1.82, 2.24) is 15.0 Å². The number of nitrogens with two attached hydrogens (primary N) is 1. The van der Waals surface area contributed by atoms with Gasteiger partial charge >= 0.3 is 0 Å². The normalized spacial score (nSPS) is 10.1. The van der Waals surface area contributed by atoms with Gasteiger partial charge in [0.2, 0.25) is 5.88 Å². The van der Waals surface area contributed by atoms with Crippen LogP contribution in [0.5, 0.6) is 5.88 Å². The van der Waals surface area contributed by atoms with Crippen molar-refractivity contribution >= 4 is 11.6 Å². The van der Waals surface area contributed by atoms with Gasteiger partial charge in [-0.2, -0.15) is 0 Å². The Balaban J connectivity index is 2.16. The van der Waals surface area contributed by atoms with Crippen molar-refractivity contribution in [3.05, 3.63) is 42.0 Å². The van der Waals surface area contributed by atoms with Crippen LogP contribution in [-0.4, -0.2) is 27.8 Å². The van der Waals surface area contributed by atoms with Crippen LogP contribution in [0.2, 0.25) is 0 Å². The number of methoxy groups -OCH3 is 1. The van der Waals surface area contributed by atoms with Gasteiger partial charge < -0.3 is 10.5 Å². The summed E-state index contributed by atoms with van der Waals surface area (Å²) in [6, 6.07) is 4.91. The first-order valence-electron chi connectivity index (χ1n) is 5.28. The number of Topliss-reactive ketones (excluding diaryl/α,β-unsaturated/α-hetero) is 1. The van der Waals surface area contributed by atoms with Crippen LogP contribution in [0.3, 0.4) is 0 Å². The summed E-state index contributed by atoms with van der Waals surface area (Å²) < 4.78 is 4.94. The van der Waals surface area contributed by atoms with Crippen LogP contribution in [0.15, 0.2) is 30.7 Å². The molecular weight excluding hydrogens is 232 g/mol. The third-order valence-corrected chi connectivity index (χ3v) is 2.35. The van der Waals surface area contributed by atoms with Crippen LogP contribution in [0, 0.1) is 0 Å². The SMILES string of the molecule is COc1cc(C(=O)Cc2ccnc(N)c2)ncn1. The Bertz CT molecular complexity index is 572. The summed E-state index contributed by atoms with van der Waals surface area (Å²) in [4.78, 5) is 23.6. The predicted octanol–water partition coefficient (Wildman–Crippen LogP) is 0.888. The van der Waals surface area contributed by atoms with E-state index in [2.05, 4.69) is 15.0 Å². The maximum Gasteiger partial charge on any atom is 0.216 e. The minimum absolute atomic E-state index is 0.124. The lowest BCUT2D eigenvalue weighted by Gasteiger charge is -2.03. The Kier molecular flexibility index (Phi) is 3.47. The highest BCUT2D eigenvalue weighted by Crippen LogP contribution is 2.10. The molecule has 92 valence electrons. The van der Waals surface area contributed by atoms with E-state index >= 15 is 0 Å². The molecule has 0 spiro atoms. The second kappa shape index (κ2) is 5.22. The molecule has 0 aliphatic heterocycles. The Morgan fingerprint density at radius 1 is 1.33 bits per heavy atom. The van der Waals surface area contributed by atoms with E-state index in [1.165, 1.54) is 19.5 Å². The first kappa shape index (κ1) is 12.0. The zero-order chi connectivity index (χ0) is 13.0. The number of ether oxygens (including phenoxy) is 1. The summed E-state index contributed by atoms with van der Waals surface area (Å²) in [5.74, 6) is 0.629. The largest absolute Gasteiger partial charge is 0.481 e. The fraction of sp³-hybridized carbons (Fsp3) is 0.167. The highest BCUT2D eigenvalue weighted by molar-refractivity contribution is 5.95. The molecule has 6 heteroatoms. The molecule has 18 heavy (non-hydrogen) atoms. The van der Waals surface area contributed by atoms with E-state index in [0.717, 1.165) is 5.56 Å². The van der Waals surface area contributed by atoms with Gasteiger partial charge in [0.1, 0.15) is 17.8 Å². The number of carbonyl (C=O) groups excluding carboxylic acids is 1. The zero-order valence-electron chi connectivity index (χ0n) is 9.83. The number of rotatable bonds is 4. The van der Waals surface area contributed by atoms with Crippen molar-refractivity contribution in [2.45, 2.75) is 6.42 Å². The third kappa shape index (κ3) is 2.79. The molecule has 2 rings (SSSR count). The summed E-state index contributed by atoms with van der Waals surface area (Å²) in [7, 11) is 1.49. The Morgan fingerprint density at radius 3 is 2.89 bits per heavy atom. The second-order valence-electron chi connectivity index (χ2n) is 3.63. The molecule has 0 amide bonds. The zero-order valence-corrected chi connectivity index (χ0v) is 9.83. The van der Waals surface area contributed by atoms with E-state index in [9.17, 15) is 4.79 Å². The summed E-state index contributed by atoms with van der Waals surface area (Å²) in [6.45, 7) is 0. The van der Waals surface area contributed by atoms with Crippen LogP contribution >= 0.6 is 0 Å². The van der Waals surface area contributed by atoms with E-state index in [4.69, 9.17) is 10.5 Å². The minimum Gasteiger partial charge on any atom is -0.481 e. The molecule has 0 saturated carbocycles. The van der Waals surface area contributed by atoms with Crippen molar-refractivity contribution in [3.63, 3.8) is 0 Å². The van der Waals surface area contributed by atoms with Gasteiger partial charge in [-0.05, 0) is 17.7 Å². The molecule has 0 atom stereocenters. The number of aromatic nitrogens is 3. The average molecular weight is 244 g/mol. The fourth-order valence-corrected chi connectivity index (χ4v) is 1.48. The van der Waals surface area contributed by atoms with Gasteiger partial charge in [-0.25, -0.2) is 15.0 Å². The van der Waals surface area contributed by atoms with Gasteiger partial charge in [0, 0.05) is 18.7 Å². The molecule has 0 aliphatic carbocycles. The monoisotopic (exact) mass is 244 g/mol. The van der Waals surface area contributed by atoms with Gasteiger partial charge in [-0.3, -0.25) is 4.79 Å². The van der Waals surface area contributed by atoms with Crippen LogP contribution in [0.1, 0.15) is 16.1 Å². The lowest BCUT2D eigenvalue weighted by molar-refractivity contribution is 0.0987. The summed E-state index contributed by atoms with van der Waals surface area (Å²) in [5.41, 5.74) is 6.66. The van der Waals surface area contributed by atoms with Gasteiger partial charge in [0.15, 0.2) is 5.78 Å². The summed E-state index contributed by atoms with van der Waals surface area (Å²) in [6.07, 6.45) is 3.08. The molecule has 0 unspecified atom stereocenters. The highest BCUT2D eigenvalue weighted by atomic mass is 16.5. The second-order valence-corrected chi connectivity index (χ2v) is 3.63. The van der Waals surface area contributed by atoms with E-state index in [1.807, 2.05) is 0 Å². The van der Waals surface area contributed by atoms with E-state index in [1.54, 1.807) is 18.3 Å². The van der Waals surface area contributed by atoms with E-state index in [0.29, 0.717) is 17.4 Å². The summed E-state index contributed by atoms with van der Waals surface area (Å²) in [5, 5.41) is 0. The first-order chi connectivity index (χ1) is 8.69. The molecule has 2 aromatic heterocycles. The molecule has 2 aromatic rings. The van der Waals surface area contributed by atoms with Gasteiger partial charge in [0.05, 0.1) is 7.11 Å². The lowest BCUT2D eigenvalue weighted by atomic mass is 10.1. The van der Waals surface area contributed by atoms with Gasteiger partial charge in [0.25, 0.3) is 0 Å². The molecule has 0 aromatic carbocycles. The minimum atomic E-state index is -0.124. The van der Waals surface area contributed by atoms with Crippen LogP contribution < -0.4 is 10.5 Å².